The summed E-state index contributed by atoms with van der Waals surface area (Å²) in [6.45, 7) is 6.93. The fourth-order valence-electron chi connectivity index (χ4n) is 2.38. The Morgan fingerprint density at radius 3 is 2.75 bits per heavy atom. The molecular weight excluding hydrogens is 308 g/mol. The molecule has 0 saturated carbocycles. The van der Waals surface area contributed by atoms with Crippen molar-refractivity contribution in [3.05, 3.63) is 23.8 Å². The van der Waals surface area contributed by atoms with E-state index in [2.05, 4.69) is 10.6 Å². The summed E-state index contributed by atoms with van der Waals surface area (Å²) in [5.74, 6) is 0.447. The van der Waals surface area contributed by atoms with Crippen molar-refractivity contribution in [2.75, 3.05) is 32.2 Å². The van der Waals surface area contributed by atoms with Crippen LogP contribution in [0.3, 0.4) is 0 Å². The zero-order valence-corrected chi connectivity index (χ0v) is 14.8. The van der Waals surface area contributed by atoms with Crippen LogP contribution in [-0.4, -0.2) is 38.7 Å². The molecule has 0 saturated heterocycles. The second kappa shape index (κ2) is 7.66. The average molecular weight is 334 g/mol. The maximum atomic E-state index is 12.2. The van der Waals surface area contributed by atoms with Crippen LogP contribution >= 0.6 is 0 Å². The molecule has 2 N–H and O–H groups in total. The zero-order valence-electron chi connectivity index (χ0n) is 14.8. The number of carbonyl (C=O) groups excluding carboxylic acids is 2. The van der Waals surface area contributed by atoms with Crippen LogP contribution in [0.2, 0.25) is 0 Å². The Labute approximate surface area is 142 Å². The van der Waals surface area contributed by atoms with E-state index < -0.39 is 5.41 Å². The highest BCUT2D eigenvalue weighted by molar-refractivity contribution is 5.94. The van der Waals surface area contributed by atoms with Crippen LogP contribution in [0, 0.1) is 11.3 Å². The number of rotatable bonds is 5. The normalized spacial score (nSPS) is 16.8. The molecule has 0 spiro atoms. The van der Waals surface area contributed by atoms with Crippen molar-refractivity contribution >= 4 is 17.5 Å². The minimum atomic E-state index is -0.462. The molecule has 1 atom stereocenters. The second-order valence-corrected chi connectivity index (χ2v) is 7.02. The van der Waals surface area contributed by atoms with Gasteiger partial charge in [0.1, 0.15) is 12.4 Å². The lowest BCUT2D eigenvalue weighted by atomic mass is 9.94. The van der Waals surface area contributed by atoms with E-state index >= 15 is 0 Å². The van der Waals surface area contributed by atoms with Crippen molar-refractivity contribution in [3.63, 3.8) is 0 Å². The largest absolute Gasteiger partial charge is 0.492 e. The molecule has 2 amide bonds. The molecule has 1 aromatic rings. The monoisotopic (exact) mass is 334 g/mol. The first-order chi connectivity index (χ1) is 11.3. The summed E-state index contributed by atoms with van der Waals surface area (Å²) in [6, 6.07) is 5.54. The Morgan fingerprint density at radius 2 is 2.08 bits per heavy atom. The Morgan fingerprint density at radius 1 is 1.33 bits per heavy atom. The Hall–Kier alpha value is -2.08. The molecule has 1 aliphatic rings. The van der Waals surface area contributed by atoms with Crippen molar-refractivity contribution in [1.82, 2.24) is 5.32 Å². The number of ether oxygens (including phenoxy) is 2. The van der Waals surface area contributed by atoms with E-state index in [1.165, 1.54) is 0 Å². The summed E-state index contributed by atoms with van der Waals surface area (Å²) >= 11 is 0. The van der Waals surface area contributed by atoms with Crippen molar-refractivity contribution in [2.24, 2.45) is 11.3 Å². The van der Waals surface area contributed by atoms with Crippen molar-refractivity contribution in [3.8, 4) is 5.75 Å². The molecular formula is C18H26N2O4. The molecule has 0 unspecified atom stereocenters. The van der Waals surface area contributed by atoms with Crippen LogP contribution in [0.1, 0.15) is 26.3 Å². The molecule has 2 rings (SSSR count). The predicted molar refractivity (Wildman–Crippen MR) is 92.1 cm³/mol. The minimum absolute atomic E-state index is 0.0400. The molecule has 1 aliphatic heterocycles. The van der Waals surface area contributed by atoms with Gasteiger partial charge in [0.05, 0.1) is 12.5 Å². The molecule has 0 fully saturated rings. The highest BCUT2D eigenvalue weighted by Crippen LogP contribution is 2.30. The van der Waals surface area contributed by atoms with E-state index in [0.717, 1.165) is 17.0 Å². The number of benzene rings is 1. The second-order valence-electron chi connectivity index (χ2n) is 7.02. The maximum Gasteiger partial charge on any atom is 0.229 e. The first-order valence-electron chi connectivity index (χ1n) is 8.15. The van der Waals surface area contributed by atoms with Gasteiger partial charge < -0.3 is 20.1 Å². The fraction of sp³-hybridized carbons (Fsp3) is 0.556. The smallest absolute Gasteiger partial charge is 0.229 e. The minimum Gasteiger partial charge on any atom is -0.492 e. The van der Waals surface area contributed by atoms with Gasteiger partial charge >= 0.3 is 0 Å². The van der Waals surface area contributed by atoms with Crippen LogP contribution in [0.25, 0.3) is 0 Å². The Balaban J connectivity index is 2.03. The molecule has 24 heavy (non-hydrogen) atoms. The van der Waals surface area contributed by atoms with Gasteiger partial charge in [-0.1, -0.05) is 20.8 Å². The van der Waals surface area contributed by atoms with Crippen LogP contribution in [0.5, 0.6) is 5.75 Å². The molecule has 132 valence electrons. The lowest BCUT2D eigenvalue weighted by Gasteiger charge is -2.25. The number of fused-ring (bicyclic) bond motifs is 1. The van der Waals surface area contributed by atoms with Crippen LogP contribution < -0.4 is 15.4 Å². The van der Waals surface area contributed by atoms with Crippen LogP contribution in [-0.2, 0) is 20.7 Å². The highest BCUT2D eigenvalue weighted by Gasteiger charge is 2.27. The summed E-state index contributed by atoms with van der Waals surface area (Å²) in [4.78, 5) is 24.3. The number of nitrogens with one attached hydrogen (secondary N) is 2. The molecule has 1 heterocycles. The van der Waals surface area contributed by atoms with Crippen molar-refractivity contribution in [2.45, 2.75) is 27.2 Å². The number of hydrogen-bond donors (Lipinski definition) is 2. The van der Waals surface area contributed by atoms with E-state index in [9.17, 15) is 9.59 Å². The lowest BCUT2D eigenvalue weighted by Crippen LogP contribution is -2.38. The molecule has 0 bridgehead atoms. The van der Waals surface area contributed by atoms with Crippen molar-refractivity contribution < 1.29 is 19.1 Å². The highest BCUT2D eigenvalue weighted by atomic mass is 16.5. The van der Waals surface area contributed by atoms with E-state index in [1.807, 2.05) is 39.0 Å². The van der Waals surface area contributed by atoms with E-state index in [0.29, 0.717) is 26.2 Å². The predicted octanol–water partition coefficient (Wildman–Crippen LogP) is 1.98. The first kappa shape index (κ1) is 18.3. The van der Waals surface area contributed by atoms with Gasteiger partial charge in [0.2, 0.25) is 11.8 Å². The quantitative estimate of drug-likeness (QED) is 0.807. The summed E-state index contributed by atoms with van der Waals surface area (Å²) in [7, 11) is 1.60. The summed E-state index contributed by atoms with van der Waals surface area (Å²) in [5, 5.41) is 5.74. The third-order valence-corrected chi connectivity index (χ3v) is 3.88. The van der Waals surface area contributed by atoms with Crippen LogP contribution in [0.4, 0.5) is 5.69 Å². The topological polar surface area (TPSA) is 76.7 Å². The van der Waals surface area contributed by atoms with Gasteiger partial charge in [0, 0.05) is 24.8 Å². The molecule has 0 aromatic heterocycles. The van der Waals surface area contributed by atoms with Gasteiger partial charge in [-0.3, -0.25) is 9.59 Å². The van der Waals surface area contributed by atoms with Gasteiger partial charge in [0.15, 0.2) is 0 Å². The van der Waals surface area contributed by atoms with Gasteiger partial charge in [-0.25, -0.2) is 0 Å². The number of amides is 2. The number of carbonyl (C=O) groups is 2. The molecule has 1 aromatic carbocycles. The third-order valence-electron chi connectivity index (χ3n) is 3.88. The Bertz CT molecular complexity index is 608. The summed E-state index contributed by atoms with van der Waals surface area (Å²) in [5.41, 5.74) is 1.19. The van der Waals surface area contributed by atoms with Gasteiger partial charge in [-0.05, 0) is 30.2 Å². The first-order valence-corrected chi connectivity index (χ1v) is 8.15. The molecule has 0 radical (unpaired) electrons. The van der Waals surface area contributed by atoms with E-state index in [1.54, 1.807) is 7.11 Å². The third kappa shape index (κ3) is 4.71. The average Bonchev–Trinajstić information content (AvgIpc) is 2.53. The Kier molecular flexibility index (Phi) is 5.83. The SMILES string of the molecule is COCCNC(=O)[C@H]1COc2ccc(NC(=O)C(C)(C)C)cc2C1. The zero-order chi connectivity index (χ0) is 17.7. The molecule has 0 aliphatic carbocycles. The number of methoxy groups -OCH3 is 1. The lowest BCUT2D eigenvalue weighted by molar-refractivity contribution is -0.126. The standard InChI is InChI=1S/C18H26N2O4/c1-18(2,3)17(22)20-14-5-6-15-12(10-14)9-13(11-24-15)16(21)19-7-8-23-4/h5-6,10,13H,7-9,11H2,1-4H3,(H,19,21)(H,20,22)/t13-/m1/s1. The molecule has 6 heteroatoms. The number of anilines is 1. The van der Waals surface area contributed by atoms with E-state index in [4.69, 9.17) is 9.47 Å². The van der Waals surface area contributed by atoms with Gasteiger partial charge in [0.25, 0.3) is 0 Å². The maximum absolute atomic E-state index is 12.2. The van der Waals surface area contributed by atoms with Gasteiger partial charge in [-0.2, -0.15) is 0 Å². The van der Waals surface area contributed by atoms with Crippen molar-refractivity contribution in [1.29, 1.82) is 0 Å². The van der Waals surface area contributed by atoms with E-state index in [-0.39, 0.29) is 17.7 Å². The number of hydrogen-bond acceptors (Lipinski definition) is 4. The van der Waals surface area contributed by atoms with Crippen LogP contribution in [0.15, 0.2) is 18.2 Å². The fourth-order valence-corrected chi connectivity index (χ4v) is 2.38. The molecule has 6 nitrogen and oxygen atoms in total. The summed E-state index contributed by atoms with van der Waals surface area (Å²) in [6.07, 6.45) is 0.591. The summed E-state index contributed by atoms with van der Waals surface area (Å²) < 4.78 is 10.6. The van der Waals surface area contributed by atoms with Gasteiger partial charge in [-0.15, -0.1) is 0 Å².